The first kappa shape index (κ1) is 15.9. The molecule has 130 valence electrons. The zero-order valence-electron chi connectivity index (χ0n) is 13.4. The zero-order valence-corrected chi connectivity index (χ0v) is 13.4. The van der Waals surface area contributed by atoms with Crippen molar-refractivity contribution in [3.05, 3.63) is 88.5 Å². The van der Waals surface area contributed by atoms with Gasteiger partial charge in [0.25, 0.3) is 5.78 Å². The highest BCUT2D eigenvalue weighted by Crippen LogP contribution is 2.14. The van der Waals surface area contributed by atoms with Crippen LogP contribution in [-0.2, 0) is 6.54 Å². The Bertz CT molecular complexity index is 1140. The maximum absolute atomic E-state index is 13.3. The summed E-state index contributed by atoms with van der Waals surface area (Å²) in [6.45, 7) is 0.0147. The molecule has 4 rings (SSSR count). The van der Waals surface area contributed by atoms with E-state index in [2.05, 4.69) is 15.4 Å². The maximum atomic E-state index is 13.3. The van der Waals surface area contributed by atoms with E-state index in [4.69, 9.17) is 0 Å². The van der Waals surface area contributed by atoms with Crippen molar-refractivity contribution in [3.8, 4) is 0 Å². The van der Waals surface area contributed by atoms with E-state index < -0.39 is 17.3 Å². The summed E-state index contributed by atoms with van der Waals surface area (Å²) in [4.78, 5) is 16.7. The summed E-state index contributed by atoms with van der Waals surface area (Å²) >= 11 is 0. The molecule has 8 heteroatoms. The molecule has 0 atom stereocenters. The van der Waals surface area contributed by atoms with Crippen LogP contribution in [0.5, 0.6) is 0 Å². The van der Waals surface area contributed by atoms with Crippen LogP contribution in [0, 0.1) is 11.6 Å². The van der Waals surface area contributed by atoms with Crippen LogP contribution in [0.15, 0.2) is 65.6 Å². The number of hydrogen-bond donors (Lipinski definition) is 1. The molecule has 4 aromatic rings. The standard InChI is InChI=1S/C18H13F2N5O/c19-14-7-6-12(10-15(14)20)11-25-18(26)24-9-8-16(22-17(24)23-25)21-13-4-2-1-3-5-13/h1-10H,11H2,(H,21,22,23). The van der Waals surface area contributed by atoms with Gasteiger partial charge in [-0.25, -0.2) is 22.7 Å². The average Bonchev–Trinajstić information content (AvgIpc) is 2.94. The lowest BCUT2D eigenvalue weighted by Crippen LogP contribution is -2.21. The summed E-state index contributed by atoms with van der Waals surface area (Å²) in [5.41, 5.74) is 0.869. The molecule has 0 saturated heterocycles. The molecule has 0 aliphatic carbocycles. The number of halogens is 2. The fraction of sp³-hybridized carbons (Fsp3) is 0.0556. The van der Waals surface area contributed by atoms with Crippen molar-refractivity contribution < 1.29 is 8.78 Å². The first-order chi connectivity index (χ1) is 12.6. The number of para-hydroxylation sites is 1. The lowest BCUT2D eigenvalue weighted by molar-refractivity contribution is 0.505. The minimum atomic E-state index is -0.966. The van der Waals surface area contributed by atoms with Crippen molar-refractivity contribution in [2.45, 2.75) is 6.54 Å². The highest BCUT2D eigenvalue weighted by Gasteiger charge is 2.11. The highest BCUT2D eigenvalue weighted by molar-refractivity contribution is 5.56. The van der Waals surface area contributed by atoms with Gasteiger partial charge in [-0.05, 0) is 35.9 Å². The molecule has 0 radical (unpaired) electrons. The number of benzene rings is 2. The summed E-state index contributed by atoms with van der Waals surface area (Å²) in [7, 11) is 0. The fourth-order valence-corrected chi connectivity index (χ4v) is 2.56. The van der Waals surface area contributed by atoms with E-state index in [0.717, 1.165) is 22.5 Å². The van der Waals surface area contributed by atoms with Crippen LogP contribution in [-0.4, -0.2) is 19.2 Å². The molecule has 0 aliphatic rings. The second-order valence-electron chi connectivity index (χ2n) is 5.66. The number of nitrogens with one attached hydrogen (secondary N) is 1. The number of nitrogens with zero attached hydrogens (tertiary/aromatic N) is 4. The molecule has 0 amide bonds. The van der Waals surface area contributed by atoms with Crippen LogP contribution < -0.4 is 11.0 Å². The normalized spacial score (nSPS) is 11.0. The van der Waals surface area contributed by atoms with Gasteiger partial charge in [0.2, 0.25) is 0 Å². The van der Waals surface area contributed by atoms with Gasteiger partial charge in [0.05, 0.1) is 6.54 Å². The largest absolute Gasteiger partial charge is 0.351 e. The van der Waals surface area contributed by atoms with E-state index in [1.54, 1.807) is 12.3 Å². The summed E-state index contributed by atoms with van der Waals surface area (Å²) in [5.74, 6) is -1.16. The molecule has 0 spiro atoms. The molecule has 0 unspecified atom stereocenters. The molecule has 0 aliphatic heterocycles. The predicted molar refractivity (Wildman–Crippen MR) is 92.4 cm³/mol. The van der Waals surface area contributed by atoms with E-state index in [1.807, 2.05) is 30.3 Å². The molecule has 6 nitrogen and oxygen atoms in total. The van der Waals surface area contributed by atoms with E-state index in [9.17, 15) is 13.6 Å². The number of rotatable bonds is 4. The van der Waals surface area contributed by atoms with Crippen LogP contribution >= 0.6 is 0 Å². The Labute approximate surface area is 146 Å². The van der Waals surface area contributed by atoms with E-state index in [-0.39, 0.29) is 12.3 Å². The number of hydrogen-bond acceptors (Lipinski definition) is 4. The summed E-state index contributed by atoms with van der Waals surface area (Å²) in [5, 5.41) is 7.28. The van der Waals surface area contributed by atoms with Crippen molar-refractivity contribution in [3.63, 3.8) is 0 Å². The van der Waals surface area contributed by atoms with Gasteiger partial charge in [-0.3, -0.25) is 0 Å². The fourth-order valence-electron chi connectivity index (χ4n) is 2.56. The highest BCUT2D eigenvalue weighted by atomic mass is 19.2. The Morgan fingerprint density at radius 2 is 1.81 bits per heavy atom. The Morgan fingerprint density at radius 3 is 2.58 bits per heavy atom. The molecule has 2 aromatic carbocycles. The summed E-state index contributed by atoms with van der Waals surface area (Å²) < 4.78 is 28.8. The molecular formula is C18H13F2N5O. The molecule has 0 saturated carbocycles. The molecule has 26 heavy (non-hydrogen) atoms. The van der Waals surface area contributed by atoms with E-state index >= 15 is 0 Å². The third-order valence-electron chi connectivity index (χ3n) is 3.82. The first-order valence-electron chi connectivity index (χ1n) is 7.82. The minimum absolute atomic E-state index is 0.0147. The van der Waals surface area contributed by atoms with Gasteiger partial charge in [0, 0.05) is 11.9 Å². The van der Waals surface area contributed by atoms with E-state index in [1.165, 1.54) is 10.5 Å². The topological polar surface area (TPSA) is 64.2 Å². The number of fused-ring (bicyclic) bond motifs is 1. The average molecular weight is 353 g/mol. The second-order valence-corrected chi connectivity index (χ2v) is 5.66. The van der Waals surface area contributed by atoms with Gasteiger partial charge < -0.3 is 5.32 Å². The Hall–Kier alpha value is -3.55. The van der Waals surface area contributed by atoms with Crippen molar-refractivity contribution in [2.24, 2.45) is 0 Å². The van der Waals surface area contributed by atoms with E-state index in [0.29, 0.717) is 11.4 Å². The molecule has 2 aromatic heterocycles. The monoisotopic (exact) mass is 353 g/mol. The SMILES string of the molecule is O=c1n(Cc2ccc(F)c(F)c2)nc2nc(Nc3ccccc3)ccn12. The predicted octanol–water partition coefficient (Wildman–Crippen LogP) is 2.96. The van der Waals surface area contributed by atoms with Crippen molar-refractivity contribution in [1.82, 2.24) is 19.2 Å². The van der Waals surface area contributed by atoms with Gasteiger partial charge >= 0.3 is 5.69 Å². The molecule has 0 bridgehead atoms. The molecule has 1 N–H and O–H groups in total. The van der Waals surface area contributed by atoms with Crippen LogP contribution in [0.2, 0.25) is 0 Å². The first-order valence-corrected chi connectivity index (χ1v) is 7.82. The Kier molecular flexibility index (Phi) is 3.92. The Balaban J connectivity index is 1.65. The van der Waals surface area contributed by atoms with Crippen LogP contribution in [0.3, 0.4) is 0 Å². The minimum Gasteiger partial charge on any atom is -0.340 e. The quantitative estimate of drug-likeness (QED) is 0.613. The third-order valence-corrected chi connectivity index (χ3v) is 3.82. The van der Waals surface area contributed by atoms with Gasteiger partial charge in [0.1, 0.15) is 5.82 Å². The van der Waals surface area contributed by atoms with Crippen molar-refractivity contribution in [1.29, 1.82) is 0 Å². The maximum Gasteiger partial charge on any atom is 0.351 e. The van der Waals surface area contributed by atoms with Crippen molar-refractivity contribution >= 4 is 17.3 Å². The van der Waals surface area contributed by atoms with Crippen LogP contribution in [0.1, 0.15) is 5.56 Å². The third kappa shape index (κ3) is 3.04. The van der Waals surface area contributed by atoms with Gasteiger partial charge in [-0.2, -0.15) is 4.98 Å². The number of aromatic nitrogens is 4. The smallest absolute Gasteiger partial charge is 0.340 e. The van der Waals surface area contributed by atoms with Crippen molar-refractivity contribution in [2.75, 3.05) is 5.32 Å². The van der Waals surface area contributed by atoms with Crippen LogP contribution in [0.4, 0.5) is 20.3 Å². The second kappa shape index (κ2) is 6.40. The zero-order chi connectivity index (χ0) is 18.1. The van der Waals surface area contributed by atoms with Gasteiger partial charge in [-0.1, -0.05) is 24.3 Å². The van der Waals surface area contributed by atoms with Gasteiger partial charge in [-0.15, -0.1) is 5.10 Å². The number of anilines is 2. The van der Waals surface area contributed by atoms with Gasteiger partial charge in [0.15, 0.2) is 11.6 Å². The lowest BCUT2D eigenvalue weighted by Gasteiger charge is -2.04. The van der Waals surface area contributed by atoms with Crippen LogP contribution in [0.25, 0.3) is 5.78 Å². The molecular weight excluding hydrogens is 340 g/mol. The summed E-state index contributed by atoms with van der Waals surface area (Å²) in [6, 6.07) is 14.6. The summed E-state index contributed by atoms with van der Waals surface area (Å²) in [6.07, 6.45) is 1.56. The molecule has 2 heterocycles. The molecule has 0 fully saturated rings. The Morgan fingerprint density at radius 1 is 1.00 bits per heavy atom. The lowest BCUT2D eigenvalue weighted by atomic mass is 10.2.